The van der Waals surface area contributed by atoms with Gasteiger partial charge < -0.3 is 10.1 Å². The van der Waals surface area contributed by atoms with Gasteiger partial charge in [0.1, 0.15) is 11.6 Å². The van der Waals surface area contributed by atoms with Crippen LogP contribution >= 0.6 is 0 Å². The van der Waals surface area contributed by atoms with E-state index >= 15 is 0 Å². The minimum atomic E-state index is -0.404. The first kappa shape index (κ1) is 13.1. The monoisotopic (exact) mass is 276 g/mol. The molecule has 0 unspecified atom stereocenters. The first-order valence-corrected chi connectivity index (χ1v) is 6.55. The predicted octanol–water partition coefficient (Wildman–Crippen LogP) is 2.26. The minimum absolute atomic E-state index is 0.262. The standard InChI is InChI=1S/C14H17FN4O/c1-14(2)13-18-17-12(6-7-20-3)19(13)11-5-4-9(15)8-10(11)16-14/h4-5,8,16H,6-7H2,1-3H3. The third-order valence-electron chi connectivity index (χ3n) is 3.47. The zero-order valence-electron chi connectivity index (χ0n) is 11.8. The largest absolute Gasteiger partial charge is 0.384 e. The van der Waals surface area contributed by atoms with Gasteiger partial charge in [0.2, 0.25) is 0 Å². The van der Waals surface area contributed by atoms with Gasteiger partial charge >= 0.3 is 0 Å². The highest BCUT2D eigenvalue weighted by atomic mass is 19.1. The average Bonchev–Trinajstić information content (AvgIpc) is 2.80. The molecular formula is C14H17FN4O. The number of methoxy groups -OCH3 is 1. The van der Waals surface area contributed by atoms with Crippen LogP contribution in [0.5, 0.6) is 0 Å². The number of nitrogens with one attached hydrogen (secondary N) is 1. The van der Waals surface area contributed by atoms with Crippen LogP contribution < -0.4 is 5.32 Å². The molecule has 20 heavy (non-hydrogen) atoms. The maximum Gasteiger partial charge on any atom is 0.162 e. The van der Waals surface area contributed by atoms with Crippen molar-refractivity contribution in [3.8, 4) is 5.69 Å². The molecule has 1 aromatic carbocycles. The van der Waals surface area contributed by atoms with E-state index in [-0.39, 0.29) is 5.82 Å². The van der Waals surface area contributed by atoms with E-state index in [1.165, 1.54) is 12.1 Å². The molecule has 0 atom stereocenters. The van der Waals surface area contributed by atoms with E-state index in [1.54, 1.807) is 13.2 Å². The van der Waals surface area contributed by atoms with Crippen LogP contribution in [0.4, 0.5) is 10.1 Å². The van der Waals surface area contributed by atoms with Crippen molar-refractivity contribution in [2.24, 2.45) is 0 Å². The molecule has 3 rings (SSSR count). The Labute approximate surface area is 116 Å². The summed E-state index contributed by atoms with van der Waals surface area (Å²) in [5.74, 6) is 1.38. The van der Waals surface area contributed by atoms with Gasteiger partial charge in [0.15, 0.2) is 5.82 Å². The number of hydrogen-bond donors (Lipinski definition) is 1. The molecule has 5 nitrogen and oxygen atoms in total. The van der Waals surface area contributed by atoms with Crippen molar-refractivity contribution in [1.29, 1.82) is 0 Å². The number of hydrogen-bond acceptors (Lipinski definition) is 4. The molecule has 1 aliphatic rings. The van der Waals surface area contributed by atoms with Crippen molar-refractivity contribution >= 4 is 5.69 Å². The molecule has 0 saturated heterocycles. The van der Waals surface area contributed by atoms with Gasteiger partial charge in [0.25, 0.3) is 0 Å². The van der Waals surface area contributed by atoms with Gasteiger partial charge in [-0.3, -0.25) is 4.57 Å². The lowest BCUT2D eigenvalue weighted by atomic mass is 10.00. The second-order valence-electron chi connectivity index (χ2n) is 5.43. The van der Waals surface area contributed by atoms with Gasteiger partial charge in [-0.15, -0.1) is 10.2 Å². The summed E-state index contributed by atoms with van der Waals surface area (Å²) in [4.78, 5) is 0. The fraction of sp³-hybridized carbons (Fsp3) is 0.429. The highest BCUT2D eigenvalue weighted by molar-refractivity contribution is 5.66. The third kappa shape index (κ3) is 1.96. The van der Waals surface area contributed by atoms with Gasteiger partial charge in [0.05, 0.1) is 23.5 Å². The van der Waals surface area contributed by atoms with Gasteiger partial charge in [-0.1, -0.05) is 0 Å². The molecular weight excluding hydrogens is 259 g/mol. The summed E-state index contributed by atoms with van der Waals surface area (Å²) < 4.78 is 20.5. The molecule has 0 saturated carbocycles. The zero-order chi connectivity index (χ0) is 14.3. The molecule has 0 bridgehead atoms. The highest BCUT2D eigenvalue weighted by Gasteiger charge is 2.34. The Morgan fingerprint density at radius 2 is 2.15 bits per heavy atom. The van der Waals surface area contributed by atoms with Crippen molar-refractivity contribution in [2.45, 2.75) is 25.8 Å². The number of halogens is 1. The van der Waals surface area contributed by atoms with E-state index in [0.717, 1.165) is 23.0 Å². The number of fused-ring (bicyclic) bond motifs is 3. The molecule has 1 aromatic heterocycles. The Balaban J connectivity index is 2.17. The number of benzene rings is 1. The number of anilines is 1. The summed E-state index contributed by atoms with van der Waals surface area (Å²) in [5.41, 5.74) is 1.22. The van der Waals surface area contributed by atoms with Crippen LogP contribution in [-0.4, -0.2) is 28.5 Å². The van der Waals surface area contributed by atoms with Crippen molar-refractivity contribution in [3.05, 3.63) is 35.7 Å². The number of rotatable bonds is 3. The average molecular weight is 276 g/mol. The Morgan fingerprint density at radius 1 is 1.35 bits per heavy atom. The number of nitrogens with zero attached hydrogens (tertiary/aromatic N) is 3. The van der Waals surface area contributed by atoms with E-state index in [1.807, 2.05) is 18.4 Å². The maximum absolute atomic E-state index is 13.5. The Kier molecular flexibility index (Phi) is 2.97. The van der Waals surface area contributed by atoms with E-state index in [0.29, 0.717) is 13.0 Å². The molecule has 6 heteroatoms. The van der Waals surface area contributed by atoms with E-state index in [2.05, 4.69) is 15.5 Å². The van der Waals surface area contributed by atoms with Gasteiger partial charge in [0, 0.05) is 13.5 Å². The molecule has 0 amide bonds. The molecule has 1 aliphatic heterocycles. The summed E-state index contributed by atoms with van der Waals surface area (Å²) in [6.45, 7) is 4.57. The zero-order valence-corrected chi connectivity index (χ0v) is 11.8. The first-order valence-electron chi connectivity index (χ1n) is 6.55. The van der Waals surface area contributed by atoms with Crippen LogP contribution in [0.2, 0.25) is 0 Å². The fourth-order valence-electron chi connectivity index (χ4n) is 2.53. The van der Waals surface area contributed by atoms with Gasteiger partial charge in [-0.25, -0.2) is 4.39 Å². The predicted molar refractivity (Wildman–Crippen MR) is 73.5 cm³/mol. The van der Waals surface area contributed by atoms with Gasteiger partial charge in [-0.2, -0.15) is 0 Å². The molecule has 0 radical (unpaired) electrons. The molecule has 1 N–H and O–H groups in total. The normalized spacial score (nSPS) is 15.4. The van der Waals surface area contributed by atoms with Crippen molar-refractivity contribution in [2.75, 3.05) is 19.0 Å². The maximum atomic E-state index is 13.5. The lowest BCUT2D eigenvalue weighted by Crippen LogP contribution is -2.36. The second kappa shape index (κ2) is 4.56. The summed E-state index contributed by atoms with van der Waals surface area (Å²) in [6, 6.07) is 4.69. The smallest absolute Gasteiger partial charge is 0.162 e. The second-order valence-corrected chi connectivity index (χ2v) is 5.43. The lowest BCUT2D eigenvalue weighted by molar-refractivity contribution is 0.200. The Hall–Kier alpha value is -1.95. The van der Waals surface area contributed by atoms with E-state index < -0.39 is 5.54 Å². The first-order chi connectivity index (χ1) is 9.53. The molecule has 2 aromatic rings. The molecule has 2 heterocycles. The minimum Gasteiger partial charge on any atom is -0.384 e. The van der Waals surface area contributed by atoms with Crippen molar-refractivity contribution in [3.63, 3.8) is 0 Å². The van der Waals surface area contributed by atoms with Crippen molar-refractivity contribution in [1.82, 2.24) is 14.8 Å². The topological polar surface area (TPSA) is 52.0 Å². The van der Waals surface area contributed by atoms with Crippen LogP contribution in [0.25, 0.3) is 5.69 Å². The number of ether oxygens (including phenoxy) is 1. The number of aromatic nitrogens is 3. The summed E-state index contributed by atoms with van der Waals surface area (Å²) in [6.07, 6.45) is 0.663. The third-order valence-corrected chi connectivity index (χ3v) is 3.47. The summed E-state index contributed by atoms with van der Waals surface area (Å²) >= 11 is 0. The lowest BCUT2D eigenvalue weighted by Gasteiger charge is -2.33. The van der Waals surface area contributed by atoms with Crippen LogP contribution in [0.15, 0.2) is 18.2 Å². The quantitative estimate of drug-likeness (QED) is 0.934. The van der Waals surface area contributed by atoms with Crippen LogP contribution in [0.3, 0.4) is 0 Å². The SMILES string of the molecule is COCCc1nnc2n1-c1ccc(F)cc1NC2(C)C. The molecule has 0 spiro atoms. The Bertz CT molecular complexity index is 651. The molecule has 106 valence electrons. The Morgan fingerprint density at radius 3 is 2.90 bits per heavy atom. The molecule has 0 aliphatic carbocycles. The van der Waals surface area contributed by atoms with E-state index in [4.69, 9.17) is 4.74 Å². The van der Waals surface area contributed by atoms with Crippen LogP contribution in [0.1, 0.15) is 25.5 Å². The van der Waals surface area contributed by atoms with Crippen molar-refractivity contribution < 1.29 is 9.13 Å². The fourth-order valence-corrected chi connectivity index (χ4v) is 2.53. The highest BCUT2D eigenvalue weighted by Crippen LogP contribution is 2.36. The summed E-state index contributed by atoms with van der Waals surface area (Å²) in [5, 5.41) is 11.8. The summed E-state index contributed by atoms with van der Waals surface area (Å²) in [7, 11) is 1.66. The van der Waals surface area contributed by atoms with Gasteiger partial charge in [-0.05, 0) is 32.0 Å². The van der Waals surface area contributed by atoms with Crippen LogP contribution in [0, 0.1) is 5.82 Å². The molecule has 0 fully saturated rings. The van der Waals surface area contributed by atoms with Crippen LogP contribution in [-0.2, 0) is 16.7 Å². The van der Waals surface area contributed by atoms with E-state index in [9.17, 15) is 4.39 Å².